The Balaban J connectivity index is 1.52. The Labute approximate surface area is 124 Å². The minimum atomic E-state index is -0.0491. The van der Waals surface area contributed by atoms with E-state index in [1.54, 1.807) is 0 Å². The quantitative estimate of drug-likeness (QED) is 0.857. The molecule has 0 unspecified atom stereocenters. The lowest BCUT2D eigenvalue weighted by Crippen LogP contribution is -2.24. The van der Waals surface area contributed by atoms with E-state index >= 15 is 0 Å². The van der Waals surface area contributed by atoms with Gasteiger partial charge in [0.15, 0.2) is 0 Å². The zero-order valence-electron chi connectivity index (χ0n) is 12.0. The standard InChI is InChI=1S/C17H21NO3/c19-12-16-7-6-15(21-16)11-18-10-14-8-9-20-17(14)13-4-2-1-3-5-13/h1-7,14,17-19H,8-12H2/t14-,17-/m1/s1. The van der Waals surface area contributed by atoms with Crippen molar-refractivity contribution in [3.05, 3.63) is 59.5 Å². The fourth-order valence-electron chi connectivity index (χ4n) is 2.84. The van der Waals surface area contributed by atoms with Gasteiger partial charge in [-0.25, -0.2) is 0 Å². The molecule has 1 aliphatic heterocycles. The average molecular weight is 287 g/mol. The predicted octanol–water partition coefficient (Wildman–Crippen LogP) is 2.64. The molecule has 0 saturated carbocycles. The van der Waals surface area contributed by atoms with Gasteiger partial charge in [-0.1, -0.05) is 30.3 Å². The van der Waals surface area contributed by atoms with Crippen molar-refractivity contribution >= 4 is 0 Å². The molecule has 0 amide bonds. The highest BCUT2D eigenvalue weighted by Gasteiger charge is 2.29. The Morgan fingerprint density at radius 1 is 1.10 bits per heavy atom. The number of nitrogens with one attached hydrogen (secondary N) is 1. The highest BCUT2D eigenvalue weighted by molar-refractivity contribution is 5.19. The van der Waals surface area contributed by atoms with Crippen molar-refractivity contribution in [2.45, 2.75) is 25.7 Å². The van der Waals surface area contributed by atoms with Gasteiger partial charge in [-0.3, -0.25) is 0 Å². The van der Waals surface area contributed by atoms with E-state index in [1.807, 2.05) is 18.2 Å². The molecule has 4 nitrogen and oxygen atoms in total. The summed E-state index contributed by atoms with van der Waals surface area (Å²) in [6, 6.07) is 14.1. The van der Waals surface area contributed by atoms with Crippen molar-refractivity contribution < 1.29 is 14.3 Å². The van der Waals surface area contributed by atoms with Gasteiger partial charge in [-0.05, 0) is 24.1 Å². The van der Waals surface area contributed by atoms with Crippen molar-refractivity contribution in [1.82, 2.24) is 5.32 Å². The second-order valence-corrected chi connectivity index (χ2v) is 5.41. The number of ether oxygens (including phenoxy) is 1. The number of furan rings is 1. The molecule has 0 bridgehead atoms. The Morgan fingerprint density at radius 2 is 1.90 bits per heavy atom. The minimum Gasteiger partial charge on any atom is -0.462 e. The number of aliphatic hydroxyl groups excluding tert-OH is 1. The SMILES string of the molecule is OCc1ccc(CNC[C@H]2CCO[C@@H]2c2ccccc2)o1. The molecule has 2 aromatic rings. The van der Waals surface area contributed by atoms with Crippen LogP contribution < -0.4 is 5.32 Å². The summed E-state index contributed by atoms with van der Waals surface area (Å²) in [7, 11) is 0. The van der Waals surface area contributed by atoms with Gasteiger partial charge in [0.05, 0.1) is 12.6 Å². The van der Waals surface area contributed by atoms with Gasteiger partial charge in [0.25, 0.3) is 0 Å². The third-order valence-electron chi connectivity index (χ3n) is 3.92. The average Bonchev–Trinajstić information content (AvgIpc) is 3.17. The molecule has 21 heavy (non-hydrogen) atoms. The van der Waals surface area contributed by atoms with Crippen molar-refractivity contribution in [2.24, 2.45) is 5.92 Å². The van der Waals surface area contributed by atoms with Crippen LogP contribution in [0.2, 0.25) is 0 Å². The number of hydrogen-bond acceptors (Lipinski definition) is 4. The van der Waals surface area contributed by atoms with Crippen LogP contribution in [-0.4, -0.2) is 18.3 Å². The second-order valence-electron chi connectivity index (χ2n) is 5.41. The van der Waals surface area contributed by atoms with Crippen molar-refractivity contribution in [1.29, 1.82) is 0 Å². The van der Waals surface area contributed by atoms with Gasteiger partial charge in [0, 0.05) is 19.1 Å². The molecule has 2 heterocycles. The van der Waals surface area contributed by atoms with Crippen LogP contribution in [0.4, 0.5) is 0 Å². The lowest BCUT2D eigenvalue weighted by atomic mass is 9.95. The molecular weight excluding hydrogens is 266 g/mol. The second kappa shape index (κ2) is 6.89. The summed E-state index contributed by atoms with van der Waals surface area (Å²) in [5, 5.41) is 12.4. The molecule has 1 fully saturated rings. The first-order valence-electron chi connectivity index (χ1n) is 7.42. The fourth-order valence-corrected chi connectivity index (χ4v) is 2.84. The zero-order chi connectivity index (χ0) is 14.5. The summed E-state index contributed by atoms with van der Waals surface area (Å²) in [6.07, 6.45) is 1.26. The molecule has 0 aliphatic carbocycles. The third kappa shape index (κ3) is 3.53. The van der Waals surface area contributed by atoms with Gasteiger partial charge in [0.2, 0.25) is 0 Å². The number of rotatable bonds is 6. The largest absolute Gasteiger partial charge is 0.462 e. The van der Waals surface area contributed by atoms with E-state index in [4.69, 9.17) is 14.3 Å². The summed E-state index contributed by atoms with van der Waals surface area (Å²) in [4.78, 5) is 0. The Bertz CT molecular complexity index is 552. The highest BCUT2D eigenvalue weighted by atomic mass is 16.5. The molecule has 2 N–H and O–H groups in total. The number of benzene rings is 1. The maximum Gasteiger partial charge on any atom is 0.129 e. The first-order valence-corrected chi connectivity index (χ1v) is 7.42. The van der Waals surface area contributed by atoms with Crippen LogP contribution >= 0.6 is 0 Å². The van der Waals surface area contributed by atoms with E-state index in [9.17, 15) is 0 Å². The third-order valence-corrected chi connectivity index (χ3v) is 3.92. The molecule has 1 aromatic heterocycles. The molecular formula is C17H21NO3. The van der Waals surface area contributed by atoms with Gasteiger partial charge < -0.3 is 19.6 Å². The molecule has 0 spiro atoms. The van der Waals surface area contributed by atoms with Gasteiger partial charge in [-0.15, -0.1) is 0 Å². The van der Waals surface area contributed by atoms with E-state index < -0.39 is 0 Å². The summed E-state index contributed by atoms with van der Waals surface area (Å²) >= 11 is 0. The lowest BCUT2D eigenvalue weighted by Gasteiger charge is -2.19. The van der Waals surface area contributed by atoms with Crippen molar-refractivity contribution in [3.8, 4) is 0 Å². The van der Waals surface area contributed by atoms with Gasteiger partial charge >= 0.3 is 0 Å². The number of hydrogen-bond donors (Lipinski definition) is 2. The maximum absolute atomic E-state index is 8.98. The molecule has 0 radical (unpaired) electrons. The minimum absolute atomic E-state index is 0.0491. The lowest BCUT2D eigenvalue weighted by molar-refractivity contribution is 0.0903. The van der Waals surface area contributed by atoms with Crippen molar-refractivity contribution in [2.75, 3.05) is 13.2 Å². The van der Waals surface area contributed by atoms with E-state index in [0.717, 1.165) is 25.3 Å². The monoisotopic (exact) mass is 287 g/mol. The normalized spacial score (nSPS) is 21.8. The molecule has 3 rings (SSSR count). The summed E-state index contributed by atoms with van der Waals surface area (Å²) in [5.41, 5.74) is 1.25. The van der Waals surface area contributed by atoms with Gasteiger partial charge in [0.1, 0.15) is 18.1 Å². The molecule has 1 aliphatic rings. The first-order chi connectivity index (χ1) is 10.4. The van der Waals surface area contributed by atoms with E-state index in [1.165, 1.54) is 5.56 Å². The molecule has 1 aromatic carbocycles. The van der Waals surface area contributed by atoms with Crippen LogP contribution in [0.3, 0.4) is 0 Å². The van der Waals surface area contributed by atoms with Crippen LogP contribution in [0.5, 0.6) is 0 Å². The number of aliphatic hydroxyl groups is 1. The Kier molecular flexibility index (Phi) is 4.70. The summed E-state index contributed by atoms with van der Waals surface area (Å²) < 4.78 is 11.3. The zero-order valence-corrected chi connectivity index (χ0v) is 12.0. The molecule has 112 valence electrons. The first kappa shape index (κ1) is 14.3. The van der Waals surface area contributed by atoms with Crippen LogP contribution in [-0.2, 0) is 17.9 Å². The van der Waals surface area contributed by atoms with E-state index in [0.29, 0.717) is 18.2 Å². The molecule has 4 heteroatoms. The van der Waals surface area contributed by atoms with Gasteiger partial charge in [-0.2, -0.15) is 0 Å². The highest BCUT2D eigenvalue weighted by Crippen LogP contribution is 2.33. The predicted molar refractivity (Wildman–Crippen MR) is 79.6 cm³/mol. The topological polar surface area (TPSA) is 54.6 Å². The Hall–Kier alpha value is -1.62. The van der Waals surface area contributed by atoms with Crippen molar-refractivity contribution in [3.63, 3.8) is 0 Å². The van der Waals surface area contributed by atoms with Crippen LogP contribution in [0.1, 0.15) is 29.6 Å². The molecule has 2 atom stereocenters. The Morgan fingerprint density at radius 3 is 2.67 bits per heavy atom. The summed E-state index contributed by atoms with van der Waals surface area (Å²) in [5.74, 6) is 1.95. The van der Waals surface area contributed by atoms with Crippen LogP contribution in [0, 0.1) is 5.92 Å². The molecule has 1 saturated heterocycles. The smallest absolute Gasteiger partial charge is 0.129 e. The maximum atomic E-state index is 8.98. The van der Waals surface area contributed by atoms with E-state index in [2.05, 4.69) is 29.6 Å². The fraction of sp³-hybridized carbons (Fsp3) is 0.412. The van der Waals surface area contributed by atoms with E-state index in [-0.39, 0.29) is 12.7 Å². The van der Waals surface area contributed by atoms with Crippen LogP contribution in [0.25, 0.3) is 0 Å². The van der Waals surface area contributed by atoms with Crippen LogP contribution in [0.15, 0.2) is 46.9 Å². The summed E-state index contributed by atoms with van der Waals surface area (Å²) in [6.45, 7) is 2.35.